The first-order chi connectivity index (χ1) is 17.7. The standard InChI is InChI=1S/C31H46N2O5/c1-11-33-25(22-13-12-16-32-28(22)38-19(2)3)27(24(31(7,8)9)26(33)29(34)35)37-18-20-17-21(30(4,5)6)14-15-23(20)36-10/h12-17,19,24-27H,11,18H2,1-10H3,(H,34,35)/t24-,25+,26+,27+/m1/s1. The first-order valence-corrected chi connectivity index (χ1v) is 13.6. The minimum atomic E-state index is -0.842. The van der Waals surface area contributed by atoms with Gasteiger partial charge in [-0.05, 0) is 55.0 Å². The number of carboxylic acids is 1. The number of aromatic nitrogens is 1. The number of ether oxygens (including phenoxy) is 3. The molecule has 0 bridgehead atoms. The summed E-state index contributed by atoms with van der Waals surface area (Å²) in [5.41, 5.74) is 2.61. The van der Waals surface area contributed by atoms with E-state index in [0.717, 1.165) is 16.9 Å². The Bertz CT molecular complexity index is 1100. The minimum absolute atomic E-state index is 0.0307. The molecule has 7 heteroatoms. The summed E-state index contributed by atoms with van der Waals surface area (Å²) in [7, 11) is 1.66. The van der Waals surface area contributed by atoms with Crippen LogP contribution in [0.25, 0.3) is 0 Å². The van der Waals surface area contributed by atoms with E-state index in [4.69, 9.17) is 14.2 Å². The highest BCUT2D eigenvalue weighted by Gasteiger charge is 2.57. The average molecular weight is 527 g/mol. The van der Waals surface area contributed by atoms with E-state index in [2.05, 4.69) is 58.7 Å². The molecule has 4 atom stereocenters. The summed E-state index contributed by atoms with van der Waals surface area (Å²) in [5.74, 6) is 0.150. The first kappa shape index (κ1) is 29.9. The molecule has 0 radical (unpaired) electrons. The van der Waals surface area contributed by atoms with E-state index in [1.807, 2.05) is 43.9 Å². The molecule has 1 fully saturated rings. The summed E-state index contributed by atoms with van der Waals surface area (Å²) in [4.78, 5) is 19.4. The van der Waals surface area contributed by atoms with Gasteiger partial charge >= 0.3 is 5.97 Å². The zero-order valence-electron chi connectivity index (χ0n) is 24.7. The maximum absolute atomic E-state index is 12.8. The summed E-state index contributed by atoms with van der Waals surface area (Å²) in [6, 6.07) is 9.01. The number of aliphatic carboxylic acids is 1. The number of benzene rings is 1. The number of nitrogens with zero attached hydrogens (tertiary/aromatic N) is 2. The van der Waals surface area contributed by atoms with Crippen molar-refractivity contribution in [2.24, 2.45) is 11.3 Å². The molecule has 0 aliphatic carbocycles. The molecule has 210 valence electrons. The van der Waals surface area contributed by atoms with Crippen LogP contribution in [0.2, 0.25) is 0 Å². The van der Waals surface area contributed by atoms with Crippen molar-refractivity contribution in [3.05, 3.63) is 53.2 Å². The van der Waals surface area contributed by atoms with E-state index in [0.29, 0.717) is 19.0 Å². The predicted octanol–water partition coefficient (Wildman–Crippen LogP) is 6.25. The molecule has 2 heterocycles. The van der Waals surface area contributed by atoms with E-state index >= 15 is 0 Å². The van der Waals surface area contributed by atoms with Gasteiger partial charge in [0.2, 0.25) is 5.88 Å². The van der Waals surface area contributed by atoms with Crippen molar-refractivity contribution in [2.75, 3.05) is 13.7 Å². The smallest absolute Gasteiger partial charge is 0.321 e. The third kappa shape index (κ3) is 6.32. The van der Waals surface area contributed by atoms with E-state index in [9.17, 15) is 9.90 Å². The summed E-state index contributed by atoms with van der Waals surface area (Å²) in [5, 5.41) is 10.5. The lowest BCUT2D eigenvalue weighted by Crippen LogP contribution is -2.44. The third-order valence-corrected chi connectivity index (χ3v) is 7.38. The van der Waals surface area contributed by atoms with E-state index in [1.165, 1.54) is 5.56 Å². The highest BCUT2D eigenvalue weighted by molar-refractivity contribution is 5.75. The van der Waals surface area contributed by atoms with Crippen molar-refractivity contribution in [3.8, 4) is 11.6 Å². The summed E-state index contributed by atoms with van der Waals surface area (Å²) >= 11 is 0. The maximum atomic E-state index is 12.8. The number of methoxy groups -OCH3 is 1. The molecule has 0 spiro atoms. The molecule has 38 heavy (non-hydrogen) atoms. The largest absolute Gasteiger partial charge is 0.496 e. The molecule has 0 unspecified atom stereocenters. The Morgan fingerprint density at radius 2 is 1.82 bits per heavy atom. The minimum Gasteiger partial charge on any atom is -0.496 e. The van der Waals surface area contributed by atoms with Gasteiger partial charge in [0.1, 0.15) is 11.8 Å². The highest BCUT2D eigenvalue weighted by Crippen LogP contribution is 2.51. The number of carbonyl (C=O) groups is 1. The lowest BCUT2D eigenvalue weighted by atomic mass is 9.73. The summed E-state index contributed by atoms with van der Waals surface area (Å²) in [6.07, 6.45) is 1.22. The SMILES string of the molecule is CCN1[C@H](C(=O)O)[C@@H](C(C)(C)C)[C@H](OCc2cc(C(C)(C)C)ccc2OC)[C@@H]1c1cccnc1OC(C)C. The van der Waals surface area contributed by atoms with Crippen molar-refractivity contribution in [3.63, 3.8) is 0 Å². The molecule has 0 saturated carbocycles. The molecule has 3 rings (SSSR count). The fourth-order valence-electron chi connectivity index (χ4n) is 5.64. The van der Waals surface area contributed by atoms with E-state index < -0.39 is 18.1 Å². The third-order valence-electron chi connectivity index (χ3n) is 7.38. The fraction of sp³-hybridized carbons (Fsp3) is 0.613. The fourth-order valence-corrected chi connectivity index (χ4v) is 5.64. The second kappa shape index (κ2) is 11.6. The number of likely N-dealkylation sites (tertiary alicyclic amines) is 1. The maximum Gasteiger partial charge on any atom is 0.321 e. The monoisotopic (exact) mass is 526 g/mol. The lowest BCUT2D eigenvalue weighted by Gasteiger charge is -2.35. The van der Waals surface area contributed by atoms with Crippen molar-refractivity contribution in [2.45, 2.75) is 98.6 Å². The number of rotatable bonds is 9. The topological polar surface area (TPSA) is 81.1 Å². The van der Waals surface area contributed by atoms with Gasteiger partial charge in [0.15, 0.2) is 0 Å². The molecular formula is C31H46N2O5. The molecule has 0 amide bonds. The second-order valence-corrected chi connectivity index (χ2v) is 12.6. The summed E-state index contributed by atoms with van der Waals surface area (Å²) in [6.45, 7) is 19.6. The molecule has 2 aromatic rings. The van der Waals surface area contributed by atoms with E-state index in [-0.39, 0.29) is 28.9 Å². The molecule has 1 aliphatic rings. The molecule has 1 aromatic heterocycles. The lowest BCUT2D eigenvalue weighted by molar-refractivity contribution is -0.146. The van der Waals surface area contributed by atoms with Gasteiger partial charge in [-0.2, -0.15) is 0 Å². The predicted molar refractivity (Wildman–Crippen MR) is 150 cm³/mol. The zero-order chi connectivity index (χ0) is 28.4. The van der Waals surface area contributed by atoms with Crippen LogP contribution in [0.5, 0.6) is 11.6 Å². The van der Waals surface area contributed by atoms with Gasteiger partial charge in [-0.3, -0.25) is 9.69 Å². The van der Waals surface area contributed by atoms with Gasteiger partial charge in [0.05, 0.1) is 32.0 Å². The average Bonchev–Trinajstić information content (AvgIpc) is 3.16. The van der Waals surface area contributed by atoms with Crippen molar-refractivity contribution in [1.82, 2.24) is 9.88 Å². The highest BCUT2D eigenvalue weighted by atomic mass is 16.5. The Balaban J connectivity index is 2.14. The Morgan fingerprint density at radius 3 is 2.34 bits per heavy atom. The molecular weight excluding hydrogens is 480 g/mol. The molecule has 1 aromatic carbocycles. The Labute approximate surface area is 228 Å². The van der Waals surface area contributed by atoms with Gasteiger partial charge in [0, 0.05) is 23.2 Å². The van der Waals surface area contributed by atoms with Crippen LogP contribution >= 0.6 is 0 Å². The van der Waals surface area contributed by atoms with Gasteiger partial charge in [-0.25, -0.2) is 4.98 Å². The number of likely N-dealkylation sites (N-methyl/N-ethyl adjacent to an activating group) is 1. The number of hydrogen-bond acceptors (Lipinski definition) is 6. The first-order valence-electron chi connectivity index (χ1n) is 13.6. The van der Waals surface area contributed by atoms with Crippen LogP contribution in [0.3, 0.4) is 0 Å². The zero-order valence-corrected chi connectivity index (χ0v) is 24.7. The molecule has 1 N–H and O–H groups in total. The van der Waals surface area contributed by atoms with Gasteiger partial charge in [-0.1, -0.05) is 60.6 Å². The molecule has 1 aliphatic heterocycles. The van der Waals surface area contributed by atoms with Crippen molar-refractivity contribution < 1.29 is 24.1 Å². The number of pyridine rings is 1. The Hall–Kier alpha value is -2.64. The van der Waals surface area contributed by atoms with Crippen LogP contribution < -0.4 is 9.47 Å². The van der Waals surface area contributed by atoms with Crippen LogP contribution in [0, 0.1) is 11.3 Å². The number of hydrogen-bond donors (Lipinski definition) is 1. The van der Waals surface area contributed by atoms with Crippen molar-refractivity contribution in [1.29, 1.82) is 0 Å². The van der Waals surface area contributed by atoms with Crippen LogP contribution in [0.4, 0.5) is 0 Å². The van der Waals surface area contributed by atoms with Gasteiger partial charge in [0.25, 0.3) is 0 Å². The van der Waals surface area contributed by atoms with Crippen molar-refractivity contribution >= 4 is 5.97 Å². The quantitative estimate of drug-likeness (QED) is 0.413. The normalized spacial score (nSPS) is 22.6. The Morgan fingerprint density at radius 1 is 1.13 bits per heavy atom. The van der Waals surface area contributed by atoms with Gasteiger partial charge < -0.3 is 19.3 Å². The van der Waals surface area contributed by atoms with Crippen LogP contribution in [-0.4, -0.2) is 52.9 Å². The van der Waals surface area contributed by atoms with E-state index in [1.54, 1.807) is 13.3 Å². The van der Waals surface area contributed by atoms with Crippen LogP contribution in [0.1, 0.15) is 85.0 Å². The van der Waals surface area contributed by atoms with Gasteiger partial charge in [-0.15, -0.1) is 0 Å². The second-order valence-electron chi connectivity index (χ2n) is 12.6. The molecule has 7 nitrogen and oxygen atoms in total. The van der Waals surface area contributed by atoms with Crippen LogP contribution in [-0.2, 0) is 21.6 Å². The Kier molecular flexibility index (Phi) is 9.15. The molecule has 1 saturated heterocycles. The summed E-state index contributed by atoms with van der Waals surface area (Å²) < 4.78 is 18.6. The van der Waals surface area contributed by atoms with Crippen LogP contribution in [0.15, 0.2) is 36.5 Å². The number of carboxylic acid groups (broad SMARTS) is 1.